The summed E-state index contributed by atoms with van der Waals surface area (Å²) >= 11 is 5.53. The summed E-state index contributed by atoms with van der Waals surface area (Å²) in [7, 11) is 0. The predicted octanol–water partition coefficient (Wildman–Crippen LogP) is 4.03. The molecule has 7 nitrogen and oxygen atoms in total. The van der Waals surface area contributed by atoms with Gasteiger partial charge in [0.2, 0.25) is 0 Å². The minimum absolute atomic E-state index is 0.0337. The largest absolute Gasteiger partial charge is 0.418 e. The van der Waals surface area contributed by atoms with Crippen molar-refractivity contribution in [3.05, 3.63) is 82.9 Å². The van der Waals surface area contributed by atoms with E-state index in [1.54, 1.807) is 30.9 Å². The van der Waals surface area contributed by atoms with E-state index < -0.39 is 22.7 Å². The highest BCUT2D eigenvalue weighted by Crippen LogP contribution is 2.35. The van der Waals surface area contributed by atoms with Crippen LogP contribution < -0.4 is 5.32 Å². The average molecular weight is 433 g/mol. The lowest BCUT2D eigenvalue weighted by Crippen LogP contribution is -2.16. The molecule has 4 aromatic heterocycles. The van der Waals surface area contributed by atoms with E-state index in [4.69, 9.17) is 11.6 Å². The van der Waals surface area contributed by atoms with Crippen molar-refractivity contribution in [3.8, 4) is 0 Å². The lowest BCUT2D eigenvalue weighted by molar-refractivity contribution is -0.137. The van der Waals surface area contributed by atoms with Gasteiger partial charge in [-0.05, 0) is 17.7 Å². The fraction of sp³-hybridized carbons (Fsp3) is 0.105. The van der Waals surface area contributed by atoms with Gasteiger partial charge in [0.25, 0.3) is 5.91 Å². The van der Waals surface area contributed by atoms with Crippen LogP contribution in [-0.2, 0) is 12.6 Å². The standard InChI is InChI=1S/C19H12ClF3N6O/c20-14-9-26-16(6-13(14)19(21,22)23)28-18(30)15-2-1-11(7-25-15)5-12-8-27-17-10-24-3-4-29(12)17/h1-4,6-10H,5H2,(H,26,28,30). The van der Waals surface area contributed by atoms with Crippen LogP contribution in [0.5, 0.6) is 0 Å². The summed E-state index contributed by atoms with van der Waals surface area (Å²) in [5.74, 6) is -0.965. The van der Waals surface area contributed by atoms with Crippen molar-refractivity contribution >= 4 is 29.0 Å². The molecule has 0 saturated heterocycles. The Bertz CT molecular complexity index is 1220. The maximum Gasteiger partial charge on any atom is 0.418 e. The molecule has 30 heavy (non-hydrogen) atoms. The highest BCUT2D eigenvalue weighted by Gasteiger charge is 2.34. The average Bonchev–Trinajstić information content (AvgIpc) is 3.12. The van der Waals surface area contributed by atoms with E-state index in [9.17, 15) is 18.0 Å². The number of fused-ring (bicyclic) bond motifs is 1. The third-order valence-corrected chi connectivity index (χ3v) is 4.54. The number of anilines is 1. The maximum atomic E-state index is 12.9. The number of carbonyl (C=O) groups is 1. The molecule has 4 heterocycles. The maximum absolute atomic E-state index is 12.9. The van der Waals surface area contributed by atoms with E-state index >= 15 is 0 Å². The Balaban J connectivity index is 1.48. The fourth-order valence-corrected chi connectivity index (χ4v) is 3.01. The molecule has 0 atom stereocenters. The molecule has 4 rings (SSSR count). The molecule has 1 amide bonds. The first-order chi connectivity index (χ1) is 14.3. The van der Waals surface area contributed by atoms with Gasteiger partial charge in [0, 0.05) is 43.1 Å². The van der Waals surface area contributed by atoms with Crippen molar-refractivity contribution in [2.24, 2.45) is 0 Å². The normalized spacial score (nSPS) is 11.6. The Morgan fingerprint density at radius 1 is 1.10 bits per heavy atom. The number of nitrogens with zero attached hydrogens (tertiary/aromatic N) is 5. The number of pyridine rings is 2. The molecule has 0 aliphatic carbocycles. The molecule has 0 saturated carbocycles. The number of hydrogen-bond acceptors (Lipinski definition) is 5. The molecule has 0 aliphatic rings. The van der Waals surface area contributed by atoms with Gasteiger partial charge in [0.1, 0.15) is 11.5 Å². The summed E-state index contributed by atoms with van der Waals surface area (Å²) in [4.78, 5) is 28.4. The first-order valence-corrected chi connectivity index (χ1v) is 8.94. The monoisotopic (exact) mass is 432 g/mol. The number of nitrogens with one attached hydrogen (secondary N) is 1. The second kappa shape index (κ2) is 7.71. The smallest absolute Gasteiger partial charge is 0.305 e. The zero-order valence-electron chi connectivity index (χ0n) is 15.1. The predicted molar refractivity (Wildman–Crippen MR) is 102 cm³/mol. The Morgan fingerprint density at radius 2 is 1.93 bits per heavy atom. The summed E-state index contributed by atoms with van der Waals surface area (Å²) in [6.45, 7) is 0. The quantitative estimate of drug-likeness (QED) is 0.526. The molecule has 0 aromatic carbocycles. The first-order valence-electron chi connectivity index (χ1n) is 8.56. The van der Waals surface area contributed by atoms with Gasteiger partial charge in [-0.1, -0.05) is 17.7 Å². The molecule has 0 spiro atoms. The summed E-state index contributed by atoms with van der Waals surface area (Å²) in [5.41, 5.74) is 1.41. The SMILES string of the molecule is O=C(Nc1cc(C(F)(F)F)c(Cl)cn1)c1ccc(Cc2cnc3cnccn23)cn1. The van der Waals surface area contributed by atoms with Gasteiger partial charge in [-0.15, -0.1) is 0 Å². The van der Waals surface area contributed by atoms with Crippen LogP contribution in [0.15, 0.2) is 55.4 Å². The summed E-state index contributed by atoms with van der Waals surface area (Å²) in [5, 5.41) is 1.75. The van der Waals surface area contributed by atoms with Crippen LogP contribution in [0.2, 0.25) is 5.02 Å². The van der Waals surface area contributed by atoms with E-state index in [0.29, 0.717) is 18.1 Å². The molecule has 0 aliphatic heterocycles. The number of aromatic nitrogens is 5. The van der Waals surface area contributed by atoms with E-state index in [1.165, 1.54) is 12.3 Å². The van der Waals surface area contributed by atoms with Crippen molar-refractivity contribution in [1.82, 2.24) is 24.3 Å². The lowest BCUT2D eigenvalue weighted by atomic mass is 10.1. The molecule has 1 N–H and O–H groups in total. The molecule has 11 heteroatoms. The second-order valence-electron chi connectivity index (χ2n) is 6.28. The zero-order chi connectivity index (χ0) is 21.3. The Labute approximate surface area is 172 Å². The number of halogens is 4. The molecule has 0 unspecified atom stereocenters. The van der Waals surface area contributed by atoms with Crippen molar-refractivity contribution in [3.63, 3.8) is 0 Å². The van der Waals surface area contributed by atoms with Crippen molar-refractivity contribution in [1.29, 1.82) is 0 Å². The molecular formula is C19H12ClF3N6O. The van der Waals surface area contributed by atoms with E-state index in [0.717, 1.165) is 17.5 Å². The summed E-state index contributed by atoms with van der Waals surface area (Å²) < 4.78 is 40.7. The highest BCUT2D eigenvalue weighted by molar-refractivity contribution is 6.31. The summed E-state index contributed by atoms with van der Waals surface area (Å²) in [6, 6.07) is 3.86. The van der Waals surface area contributed by atoms with Crippen LogP contribution in [0, 0.1) is 0 Å². The molecule has 152 valence electrons. The topological polar surface area (TPSA) is 85.1 Å². The fourth-order valence-electron chi connectivity index (χ4n) is 2.80. The minimum atomic E-state index is -4.66. The third-order valence-electron chi connectivity index (χ3n) is 4.24. The second-order valence-corrected chi connectivity index (χ2v) is 6.69. The lowest BCUT2D eigenvalue weighted by Gasteiger charge is -2.11. The molecule has 0 radical (unpaired) electrons. The minimum Gasteiger partial charge on any atom is -0.305 e. The Kier molecular flexibility index (Phi) is 5.08. The van der Waals surface area contributed by atoms with Gasteiger partial charge in [-0.2, -0.15) is 13.2 Å². The van der Waals surface area contributed by atoms with Crippen LogP contribution >= 0.6 is 11.6 Å². The molecule has 0 bridgehead atoms. The highest BCUT2D eigenvalue weighted by atomic mass is 35.5. The molecule has 0 fully saturated rings. The van der Waals surface area contributed by atoms with Gasteiger partial charge in [0.05, 0.1) is 16.8 Å². The van der Waals surface area contributed by atoms with Gasteiger partial charge < -0.3 is 9.72 Å². The van der Waals surface area contributed by atoms with Gasteiger partial charge in [0.15, 0.2) is 5.65 Å². The van der Waals surface area contributed by atoms with E-state index in [1.807, 2.05) is 4.40 Å². The van der Waals surface area contributed by atoms with Crippen LogP contribution in [0.3, 0.4) is 0 Å². The summed E-state index contributed by atoms with van der Waals surface area (Å²) in [6.07, 6.45) is 5.03. The van der Waals surface area contributed by atoms with Crippen molar-refractivity contribution in [2.45, 2.75) is 12.6 Å². The van der Waals surface area contributed by atoms with Crippen LogP contribution in [0.1, 0.15) is 27.3 Å². The van der Waals surface area contributed by atoms with E-state index in [-0.39, 0.29) is 11.5 Å². The van der Waals surface area contributed by atoms with Crippen molar-refractivity contribution < 1.29 is 18.0 Å². The number of imidazole rings is 1. The van der Waals surface area contributed by atoms with Crippen LogP contribution in [-0.4, -0.2) is 30.2 Å². The third kappa shape index (κ3) is 4.08. The molecule has 4 aromatic rings. The molecular weight excluding hydrogens is 421 g/mol. The van der Waals surface area contributed by atoms with Gasteiger partial charge >= 0.3 is 6.18 Å². The van der Waals surface area contributed by atoms with E-state index in [2.05, 4.69) is 25.3 Å². The van der Waals surface area contributed by atoms with Gasteiger partial charge in [-0.3, -0.25) is 14.8 Å². The Hall–Kier alpha value is -3.53. The number of alkyl halides is 3. The number of hydrogen-bond donors (Lipinski definition) is 1. The van der Waals surface area contributed by atoms with Crippen LogP contribution in [0.4, 0.5) is 19.0 Å². The number of carbonyl (C=O) groups excluding carboxylic acids is 1. The number of amides is 1. The van der Waals surface area contributed by atoms with Gasteiger partial charge in [-0.25, -0.2) is 9.97 Å². The first kappa shape index (κ1) is 19.8. The number of rotatable bonds is 4. The zero-order valence-corrected chi connectivity index (χ0v) is 15.8. The van der Waals surface area contributed by atoms with Crippen molar-refractivity contribution in [2.75, 3.05) is 5.32 Å². The Morgan fingerprint density at radius 3 is 2.67 bits per heavy atom. The van der Waals surface area contributed by atoms with Crippen LogP contribution in [0.25, 0.3) is 5.65 Å².